The largest absolute Gasteiger partial charge is 0.462 e. The summed E-state index contributed by atoms with van der Waals surface area (Å²) in [6, 6.07) is 19.6. The first kappa shape index (κ1) is 22.0. The van der Waals surface area contributed by atoms with Crippen molar-refractivity contribution in [2.24, 2.45) is 0 Å². The van der Waals surface area contributed by atoms with Crippen molar-refractivity contribution in [1.82, 2.24) is 9.97 Å². The van der Waals surface area contributed by atoms with Crippen molar-refractivity contribution in [2.45, 2.75) is 33.2 Å². The molecule has 1 heterocycles. The third-order valence-corrected chi connectivity index (χ3v) is 4.68. The summed E-state index contributed by atoms with van der Waals surface area (Å²) in [5.41, 5.74) is 4.59. The highest BCUT2D eigenvalue weighted by atomic mass is 16.5. The maximum Gasteiger partial charge on any atom is 0.343 e. The van der Waals surface area contributed by atoms with E-state index in [9.17, 15) is 4.79 Å². The number of anilines is 1. The topological polar surface area (TPSA) is 68.5 Å². The van der Waals surface area contributed by atoms with Crippen LogP contribution in [0.4, 0.5) is 5.82 Å². The smallest absolute Gasteiger partial charge is 0.343 e. The summed E-state index contributed by atoms with van der Waals surface area (Å²) in [5.74, 6) is 0.0233. The number of ether oxygens (including phenoxy) is 1. The fourth-order valence-corrected chi connectivity index (χ4v) is 3.03. The second-order valence-electron chi connectivity index (χ2n) is 6.95. The molecular formula is C25H27N4O2+. The molecule has 3 rings (SSSR count). The average molecular weight is 416 g/mol. The number of esters is 1. The van der Waals surface area contributed by atoms with Crippen LogP contribution in [0.3, 0.4) is 0 Å². The predicted octanol–water partition coefficient (Wildman–Crippen LogP) is 5.41. The van der Waals surface area contributed by atoms with E-state index < -0.39 is 5.97 Å². The molecule has 0 spiro atoms. The number of hydrogen-bond donors (Lipinski definition) is 1. The van der Waals surface area contributed by atoms with Gasteiger partial charge < -0.3 is 10.1 Å². The lowest BCUT2D eigenvalue weighted by molar-refractivity contribution is 0.0526. The Balaban J connectivity index is 1.71. The molecule has 1 N–H and O–H groups in total. The van der Waals surface area contributed by atoms with Crippen molar-refractivity contribution in [3.8, 4) is 17.2 Å². The van der Waals surface area contributed by atoms with Crippen LogP contribution in [-0.4, -0.2) is 29.1 Å². The summed E-state index contributed by atoms with van der Waals surface area (Å²) in [6.45, 7) is 5.55. The van der Waals surface area contributed by atoms with Crippen LogP contribution in [0.2, 0.25) is 0 Å². The van der Waals surface area contributed by atoms with Gasteiger partial charge in [0.15, 0.2) is 0 Å². The van der Waals surface area contributed by atoms with Crippen molar-refractivity contribution < 1.29 is 9.53 Å². The number of unbranched alkanes of at least 4 members (excludes halogenated alkanes) is 1. The van der Waals surface area contributed by atoms with E-state index in [4.69, 9.17) is 4.74 Å². The van der Waals surface area contributed by atoms with Gasteiger partial charge in [-0.25, -0.2) is 14.8 Å². The highest BCUT2D eigenvalue weighted by molar-refractivity contribution is 5.94. The highest BCUT2D eigenvalue weighted by Gasteiger charge is 2.14. The Morgan fingerprint density at radius 3 is 2.71 bits per heavy atom. The SMILES string of the molecule is CCCC[N+]#Cc1ccccc1-c1ccc(CNc2ncncc2C(=O)OCC)cc1. The molecule has 0 fully saturated rings. The number of benzene rings is 2. The normalized spacial score (nSPS) is 10.1. The number of aromatic nitrogens is 2. The van der Waals surface area contributed by atoms with E-state index in [0.29, 0.717) is 24.5 Å². The van der Waals surface area contributed by atoms with Gasteiger partial charge in [0.05, 0.1) is 6.61 Å². The standard InChI is InChI=1S/C25H26N4O2/c1-3-5-14-26-16-21-8-6-7-9-22(21)20-12-10-19(11-13-20)15-28-24-23(17-27-18-29-24)25(30)31-4-2/h6-13,17-18H,3-5,14-15H2,1-2H3/p+1. The van der Waals surface area contributed by atoms with Gasteiger partial charge in [0, 0.05) is 24.7 Å². The third-order valence-electron chi connectivity index (χ3n) is 4.68. The van der Waals surface area contributed by atoms with Crippen molar-refractivity contribution in [3.05, 3.63) is 82.6 Å². The number of hydrogen-bond acceptors (Lipinski definition) is 5. The van der Waals surface area contributed by atoms with Gasteiger partial charge in [-0.2, -0.15) is 0 Å². The first-order valence-corrected chi connectivity index (χ1v) is 10.5. The fraction of sp³-hybridized carbons (Fsp3) is 0.280. The van der Waals surface area contributed by atoms with Gasteiger partial charge in [0.1, 0.15) is 23.3 Å². The zero-order valence-electron chi connectivity index (χ0n) is 18.0. The minimum atomic E-state index is -0.436. The summed E-state index contributed by atoms with van der Waals surface area (Å²) < 4.78 is 5.07. The van der Waals surface area contributed by atoms with Crippen LogP contribution >= 0.6 is 0 Å². The van der Waals surface area contributed by atoms with E-state index in [1.54, 1.807) is 6.92 Å². The molecule has 0 aliphatic carbocycles. The zero-order chi connectivity index (χ0) is 21.9. The van der Waals surface area contributed by atoms with Gasteiger partial charge >= 0.3 is 12.0 Å². The molecule has 0 radical (unpaired) electrons. The summed E-state index contributed by atoms with van der Waals surface area (Å²) in [5, 5.41) is 3.20. The van der Waals surface area contributed by atoms with E-state index in [-0.39, 0.29) is 0 Å². The van der Waals surface area contributed by atoms with Crippen LogP contribution in [0.25, 0.3) is 16.0 Å². The van der Waals surface area contributed by atoms with E-state index in [1.165, 1.54) is 12.5 Å². The van der Waals surface area contributed by atoms with Crippen LogP contribution in [0, 0.1) is 6.07 Å². The van der Waals surface area contributed by atoms with Gasteiger partial charge in [-0.05, 0) is 30.5 Å². The Kier molecular flexibility index (Phi) is 8.13. The highest BCUT2D eigenvalue weighted by Crippen LogP contribution is 2.24. The first-order chi connectivity index (χ1) is 15.2. The van der Waals surface area contributed by atoms with Crippen molar-refractivity contribution in [3.63, 3.8) is 0 Å². The molecule has 1 aromatic heterocycles. The fourth-order valence-electron chi connectivity index (χ4n) is 3.03. The zero-order valence-corrected chi connectivity index (χ0v) is 18.0. The van der Waals surface area contributed by atoms with Gasteiger partial charge in [-0.3, -0.25) is 0 Å². The Labute approximate surface area is 183 Å². The molecule has 0 bridgehead atoms. The number of nitrogens with zero attached hydrogens (tertiary/aromatic N) is 3. The molecule has 0 aliphatic heterocycles. The lowest BCUT2D eigenvalue weighted by Crippen LogP contribution is -2.11. The Bertz CT molecular complexity index is 1070. The molecule has 3 aromatic rings. The molecule has 0 aliphatic rings. The Morgan fingerprint density at radius 1 is 1.13 bits per heavy atom. The molecule has 0 saturated heterocycles. The van der Waals surface area contributed by atoms with Crippen molar-refractivity contribution >= 4 is 11.8 Å². The molecule has 0 saturated carbocycles. The number of carbonyl (C=O) groups excluding carboxylic acids is 1. The molecule has 158 valence electrons. The molecule has 0 amide bonds. The molecule has 6 heteroatoms. The van der Waals surface area contributed by atoms with E-state index >= 15 is 0 Å². The minimum absolute atomic E-state index is 0.302. The van der Waals surface area contributed by atoms with Crippen LogP contribution in [0.5, 0.6) is 0 Å². The second kappa shape index (κ2) is 11.5. The second-order valence-corrected chi connectivity index (χ2v) is 6.95. The molecule has 6 nitrogen and oxygen atoms in total. The van der Waals surface area contributed by atoms with Crippen molar-refractivity contribution in [1.29, 1.82) is 0 Å². The number of carbonyl (C=O) groups is 1. The quantitative estimate of drug-likeness (QED) is 0.393. The Morgan fingerprint density at radius 2 is 1.94 bits per heavy atom. The van der Waals surface area contributed by atoms with E-state index in [0.717, 1.165) is 41.6 Å². The molecule has 0 atom stereocenters. The number of nitrogens with one attached hydrogen (secondary N) is 1. The van der Waals surface area contributed by atoms with Gasteiger partial charge in [-0.1, -0.05) is 54.2 Å². The molecule has 31 heavy (non-hydrogen) atoms. The van der Waals surface area contributed by atoms with Crippen LogP contribution < -0.4 is 5.32 Å². The lowest BCUT2D eigenvalue weighted by atomic mass is 9.99. The van der Waals surface area contributed by atoms with Crippen molar-refractivity contribution in [2.75, 3.05) is 18.5 Å². The third kappa shape index (κ3) is 6.13. The molecule has 2 aromatic carbocycles. The minimum Gasteiger partial charge on any atom is -0.462 e. The van der Waals surface area contributed by atoms with E-state index in [2.05, 4.69) is 63.5 Å². The van der Waals surface area contributed by atoms with Gasteiger partial charge in [0.25, 0.3) is 6.54 Å². The maximum absolute atomic E-state index is 12.1. The van der Waals surface area contributed by atoms with E-state index in [1.807, 2.05) is 18.2 Å². The van der Waals surface area contributed by atoms with Crippen LogP contribution in [0.1, 0.15) is 48.2 Å². The van der Waals surface area contributed by atoms with Gasteiger partial charge in [0.2, 0.25) is 0 Å². The summed E-state index contributed by atoms with van der Waals surface area (Å²) in [4.78, 5) is 24.6. The maximum atomic E-state index is 12.1. The molecular weight excluding hydrogens is 388 g/mol. The Hall–Kier alpha value is -3.72. The first-order valence-electron chi connectivity index (χ1n) is 10.5. The predicted molar refractivity (Wildman–Crippen MR) is 123 cm³/mol. The summed E-state index contributed by atoms with van der Waals surface area (Å²) in [6.07, 6.45) is 5.06. The summed E-state index contributed by atoms with van der Waals surface area (Å²) in [7, 11) is 0. The van der Waals surface area contributed by atoms with Gasteiger partial charge in [-0.15, -0.1) is 0 Å². The van der Waals surface area contributed by atoms with Crippen LogP contribution in [0.15, 0.2) is 61.1 Å². The summed E-state index contributed by atoms with van der Waals surface area (Å²) >= 11 is 0. The monoisotopic (exact) mass is 415 g/mol. The number of rotatable bonds is 8. The molecule has 0 unspecified atom stereocenters. The average Bonchev–Trinajstić information content (AvgIpc) is 2.81. The van der Waals surface area contributed by atoms with Crippen LogP contribution in [-0.2, 0) is 11.3 Å². The lowest BCUT2D eigenvalue weighted by Gasteiger charge is -2.10.